The molecule has 0 saturated carbocycles. The van der Waals surface area contributed by atoms with Crippen LogP contribution in [-0.2, 0) is 16.5 Å². The largest absolute Gasteiger partial charge is 0.385 e. The molecule has 22 heavy (non-hydrogen) atoms. The fourth-order valence-electron chi connectivity index (χ4n) is 3.30. The van der Waals surface area contributed by atoms with Crippen LogP contribution in [0.1, 0.15) is 16.9 Å². The van der Waals surface area contributed by atoms with E-state index in [-0.39, 0.29) is 12.0 Å². The summed E-state index contributed by atoms with van der Waals surface area (Å²) in [5.74, 6) is -0.00422. The zero-order chi connectivity index (χ0) is 15.5. The number of aromatic nitrogens is 2. The Hall–Kier alpha value is -1.44. The van der Waals surface area contributed by atoms with Gasteiger partial charge in [0.15, 0.2) is 0 Å². The average Bonchev–Trinajstić information content (AvgIpc) is 3.13. The zero-order valence-electron chi connectivity index (χ0n) is 13.3. The molecule has 0 bridgehead atoms. The van der Waals surface area contributed by atoms with Crippen LogP contribution in [0.15, 0.2) is 12.5 Å². The molecule has 0 aliphatic carbocycles. The molecule has 2 atom stereocenters. The normalized spacial score (nSPS) is 25.5. The first-order valence-corrected chi connectivity index (χ1v) is 7.81. The maximum absolute atomic E-state index is 12.5. The third-order valence-corrected chi connectivity index (χ3v) is 4.42. The van der Waals surface area contributed by atoms with Crippen molar-refractivity contribution in [1.82, 2.24) is 19.4 Å². The molecule has 0 N–H and O–H groups in total. The van der Waals surface area contributed by atoms with Crippen molar-refractivity contribution in [2.24, 2.45) is 7.05 Å². The first-order chi connectivity index (χ1) is 10.7. The Balaban J connectivity index is 1.62. The van der Waals surface area contributed by atoms with Gasteiger partial charge < -0.3 is 18.9 Å². The molecule has 0 aromatic carbocycles. The van der Waals surface area contributed by atoms with Crippen molar-refractivity contribution in [3.05, 3.63) is 18.2 Å². The summed E-state index contributed by atoms with van der Waals surface area (Å²) < 4.78 is 12.8. The number of rotatable bonds is 5. The second-order valence-electron chi connectivity index (χ2n) is 5.99. The highest BCUT2D eigenvalue weighted by Crippen LogP contribution is 2.24. The molecule has 122 valence electrons. The van der Waals surface area contributed by atoms with Crippen molar-refractivity contribution in [2.45, 2.75) is 18.6 Å². The Labute approximate surface area is 130 Å². The zero-order valence-corrected chi connectivity index (χ0v) is 13.3. The number of likely N-dealkylation sites (tertiary alicyclic amines) is 1. The number of hydrogen-bond donors (Lipinski definition) is 0. The van der Waals surface area contributed by atoms with E-state index >= 15 is 0 Å². The molecule has 1 amide bonds. The molecular weight excluding hydrogens is 284 g/mol. The van der Waals surface area contributed by atoms with Crippen molar-refractivity contribution >= 4 is 5.91 Å². The monoisotopic (exact) mass is 308 g/mol. The maximum Gasteiger partial charge on any atom is 0.274 e. The highest BCUT2D eigenvalue weighted by atomic mass is 16.5. The summed E-state index contributed by atoms with van der Waals surface area (Å²) in [6.45, 7) is 4.79. The highest BCUT2D eigenvalue weighted by Gasteiger charge is 2.41. The summed E-state index contributed by atoms with van der Waals surface area (Å²) in [6.07, 6.45) is 4.54. The lowest BCUT2D eigenvalue weighted by molar-refractivity contribution is -0.0487. The Morgan fingerprint density at radius 3 is 3.09 bits per heavy atom. The Bertz CT molecular complexity index is 519. The molecule has 2 saturated heterocycles. The van der Waals surface area contributed by atoms with E-state index < -0.39 is 0 Å². The van der Waals surface area contributed by atoms with Crippen molar-refractivity contribution in [3.63, 3.8) is 0 Å². The molecular formula is C15H24N4O3. The Morgan fingerprint density at radius 2 is 2.36 bits per heavy atom. The first-order valence-electron chi connectivity index (χ1n) is 7.81. The summed E-state index contributed by atoms with van der Waals surface area (Å²) in [5.41, 5.74) is 0.507. The number of methoxy groups -OCH3 is 1. The second-order valence-corrected chi connectivity index (χ2v) is 5.99. The number of nitrogens with zero attached hydrogens (tertiary/aromatic N) is 4. The van der Waals surface area contributed by atoms with Gasteiger partial charge in [0.25, 0.3) is 5.91 Å². The predicted molar refractivity (Wildman–Crippen MR) is 80.7 cm³/mol. The van der Waals surface area contributed by atoms with Crippen LogP contribution < -0.4 is 0 Å². The summed E-state index contributed by atoms with van der Waals surface area (Å²) in [4.78, 5) is 21.0. The number of morpholine rings is 1. The van der Waals surface area contributed by atoms with Crippen LogP contribution >= 0.6 is 0 Å². The summed E-state index contributed by atoms with van der Waals surface area (Å²) >= 11 is 0. The lowest BCUT2D eigenvalue weighted by Gasteiger charge is -2.36. The summed E-state index contributed by atoms with van der Waals surface area (Å²) in [6, 6.07) is 0.290. The van der Waals surface area contributed by atoms with Crippen LogP contribution in [0.25, 0.3) is 0 Å². The van der Waals surface area contributed by atoms with Gasteiger partial charge in [0.2, 0.25) is 0 Å². The van der Waals surface area contributed by atoms with Crippen LogP contribution in [0.3, 0.4) is 0 Å². The molecule has 7 nitrogen and oxygen atoms in total. The molecule has 2 fully saturated rings. The fourth-order valence-corrected chi connectivity index (χ4v) is 3.30. The molecule has 3 rings (SSSR count). The lowest BCUT2D eigenvalue weighted by atomic mass is 10.1. The lowest BCUT2D eigenvalue weighted by Crippen LogP contribution is -2.51. The summed E-state index contributed by atoms with van der Waals surface area (Å²) in [5, 5.41) is 0. The van der Waals surface area contributed by atoms with E-state index in [1.54, 1.807) is 24.2 Å². The third-order valence-electron chi connectivity index (χ3n) is 4.42. The van der Waals surface area contributed by atoms with Gasteiger partial charge in [-0.05, 0) is 6.42 Å². The number of amides is 1. The minimum atomic E-state index is -0.00422. The number of hydrogen-bond acceptors (Lipinski definition) is 5. The molecule has 1 aromatic rings. The van der Waals surface area contributed by atoms with Gasteiger partial charge in [0.1, 0.15) is 5.69 Å². The Kier molecular flexibility index (Phi) is 4.75. The van der Waals surface area contributed by atoms with Crippen LogP contribution in [0, 0.1) is 0 Å². The smallest absolute Gasteiger partial charge is 0.274 e. The van der Waals surface area contributed by atoms with E-state index in [1.807, 2.05) is 11.9 Å². The van der Waals surface area contributed by atoms with E-state index in [0.717, 1.165) is 32.7 Å². The van der Waals surface area contributed by atoms with Gasteiger partial charge in [-0.15, -0.1) is 0 Å². The van der Waals surface area contributed by atoms with Gasteiger partial charge in [-0.2, -0.15) is 0 Å². The van der Waals surface area contributed by atoms with E-state index in [2.05, 4.69) is 9.88 Å². The van der Waals surface area contributed by atoms with Crippen LogP contribution in [0.2, 0.25) is 0 Å². The molecule has 0 unspecified atom stereocenters. The quantitative estimate of drug-likeness (QED) is 0.716. The molecule has 0 spiro atoms. The molecule has 1 aromatic heterocycles. The average molecular weight is 308 g/mol. The topological polar surface area (TPSA) is 59.8 Å². The predicted octanol–water partition coefficient (Wildman–Crippen LogP) is -0.0182. The van der Waals surface area contributed by atoms with Crippen molar-refractivity contribution in [2.75, 3.05) is 46.5 Å². The van der Waals surface area contributed by atoms with Gasteiger partial charge >= 0.3 is 0 Å². The van der Waals surface area contributed by atoms with Crippen molar-refractivity contribution in [3.8, 4) is 0 Å². The van der Waals surface area contributed by atoms with E-state index in [1.165, 1.54) is 0 Å². The van der Waals surface area contributed by atoms with Gasteiger partial charge in [-0.25, -0.2) is 4.98 Å². The molecule has 0 radical (unpaired) electrons. The van der Waals surface area contributed by atoms with Crippen molar-refractivity contribution in [1.29, 1.82) is 0 Å². The number of ether oxygens (including phenoxy) is 2. The SMILES string of the molecule is COCCCN1CCO[C@H]2CN(C(=O)c3cn(C)cn3)C[C@@H]21. The standard InChI is InChI=1S/C15H24N4O3/c1-17-8-12(16-11-17)15(20)19-9-13-14(10-19)22-7-5-18(13)4-3-6-21-2/h8,11,13-14H,3-7,9-10H2,1-2H3/t13-,14-/m0/s1. The second kappa shape index (κ2) is 6.76. The van der Waals surface area contributed by atoms with Crippen LogP contribution in [0.4, 0.5) is 0 Å². The van der Waals surface area contributed by atoms with E-state index in [0.29, 0.717) is 24.8 Å². The number of carbonyl (C=O) groups excluding carboxylic acids is 1. The van der Waals surface area contributed by atoms with Gasteiger partial charge in [-0.3, -0.25) is 9.69 Å². The Morgan fingerprint density at radius 1 is 1.50 bits per heavy atom. The minimum Gasteiger partial charge on any atom is -0.385 e. The molecule has 7 heteroatoms. The number of aryl methyl sites for hydroxylation is 1. The van der Waals surface area contributed by atoms with Gasteiger partial charge in [0.05, 0.1) is 25.1 Å². The van der Waals surface area contributed by atoms with E-state index in [4.69, 9.17) is 9.47 Å². The number of fused-ring (bicyclic) bond motifs is 1. The molecule has 3 heterocycles. The minimum absolute atomic E-state index is 0.00422. The van der Waals surface area contributed by atoms with Gasteiger partial charge in [-0.1, -0.05) is 0 Å². The number of imidazole rings is 1. The number of carbonyl (C=O) groups is 1. The van der Waals surface area contributed by atoms with Gasteiger partial charge in [0, 0.05) is 53.1 Å². The maximum atomic E-state index is 12.5. The van der Waals surface area contributed by atoms with Crippen molar-refractivity contribution < 1.29 is 14.3 Å². The highest BCUT2D eigenvalue weighted by molar-refractivity contribution is 5.92. The summed E-state index contributed by atoms with van der Waals surface area (Å²) in [7, 11) is 3.60. The molecule has 2 aliphatic rings. The van der Waals surface area contributed by atoms with Crippen LogP contribution in [-0.4, -0.2) is 83.9 Å². The molecule has 2 aliphatic heterocycles. The first kappa shape index (κ1) is 15.5. The van der Waals surface area contributed by atoms with E-state index in [9.17, 15) is 4.79 Å². The fraction of sp³-hybridized carbons (Fsp3) is 0.733. The third kappa shape index (κ3) is 3.16. The van der Waals surface area contributed by atoms with Crippen LogP contribution in [0.5, 0.6) is 0 Å².